The van der Waals surface area contributed by atoms with Crippen LogP contribution in [-0.4, -0.2) is 35.6 Å². The number of hydrogen-bond donors (Lipinski definition) is 0. The molecule has 2 rings (SSSR count). The van der Waals surface area contributed by atoms with Crippen LogP contribution < -0.4 is 4.90 Å². The predicted molar refractivity (Wildman–Crippen MR) is 64.1 cm³/mol. The molecule has 0 bridgehead atoms. The van der Waals surface area contributed by atoms with E-state index < -0.39 is 5.97 Å². The lowest BCUT2D eigenvalue weighted by molar-refractivity contribution is 0.0512. The summed E-state index contributed by atoms with van der Waals surface area (Å²) < 4.78 is 4.89. The summed E-state index contributed by atoms with van der Waals surface area (Å²) in [5, 5.41) is 0. The zero-order chi connectivity index (χ0) is 12.1. The number of carbonyl (C=O) groups is 1. The number of ether oxygens (including phenoxy) is 1. The minimum Gasteiger partial charge on any atom is -0.460 e. The van der Waals surface area contributed by atoms with Crippen LogP contribution in [0.15, 0.2) is 12.3 Å². The molecule has 0 aliphatic carbocycles. The van der Waals surface area contributed by atoms with Gasteiger partial charge < -0.3 is 9.64 Å². The second-order valence-electron chi connectivity index (χ2n) is 4.01. The molecule has 0 spiro atoms. The summed E-state index contributed by atoms with van der Waals surface area (Å²) in [6.45, 7) is 4.11. The SMILES string of the molecule is CCOC(=O)c1nccc(N2CCCCC2)n1. The third-order valence-corrected chi connectivity index (χ3v) is 2.78. The van der Waals surface area contributed by atoms with E-state index in [1.54, 1.807) is 13.1 Å². The molecular weight excluding hydrogens is 218 g/mol. The summed E-state index contributed by atoms with van der Waals surface area (Å²) in [4.78, 5) is 21.9. The molecule has 1 aromatic heterocycles. The van der Waals surface area contributed by atoms with E-state index in [0.717, 1.165) is 18.9 Å². The number of rotatable bonds is 3. The summed E-state index contributed by atoms with van der Waals surface area (Å²) in [5.41, 5.74) is 0. The van der Waals surface area contributed by atoms with Crippen LogP contribution in [0.2, 0.25) is 0 Å². The molecule has 0 amide bonds. The van der Waals surface area contributed by atoms with Gasteiger partial charge in [0.25, 0.3) is 0 Å². The van der Waals surface area contributed by atoms with E-state index in [0.29, 0.717) is 6.61 Å². The predicted octanol–water partition coefficient (Wildman–Crippen LogP) is 1.64. The van der Waals surface area contributed by atoms with Crippen molar-refractivity contribution in [3.05, 3.63) is 18.1 Å². The van der Waals surface area contributed by atoms with Gasteiger partial charge in [-0.2, -0.15) is 0 Å². The van der Waals surface area contributed by atoms with Gasteiger partial charge >= 0.3 is 5.97 Å². The summed E-state index contributed by atoms with van der Waals surface area (Å²) in [6, 6.07) is 1.84. The van der Waals surface area contributed by atoms with Crippen molar-refractivity contribution in [1.29, 1.82) is 0 Å². The van der Waals surface area contributed by atoms with E-state index >= 15 is 0 Å². The lowest BCUT2D eigenvalue weighted by atomic mass is 10.1. The maximum absolute atomic E-state index is 11.5. The molecule has 5 nitrogen and oxygen atoms in total. The Balaban J connectivity index is 2.12. The Hall–Kier alpha value is -1.65. The first-order valence-corrected chi connectivity index (χ1v) is 6.06. The van der Waals surface area contributed by atoms with E-state index in [-0.39, 0.29) is 5.82 Å². The first-order valence-electron chi connectivity index (χ1n) is 6.06. The molecule has 5 heteroatoms. The van der Waals surface area contributed by atoms with Gasteiger partial charge in [-0.1, -0.05) is 0 Å². The Labute approximate surface area is 101 Å². The fourth-order valence-electron chi connectivity index (χ4n) is 1.94. The van der Waals surface area contributed by atoms with E-state index in [2.05, 4.69) is 14.9 Å². The molecule has 1 saturated heterocycles. The van der Waals surface area contributed by atoms with Gasteiger partial charge in [0.05, 0.1) is 6.61 Å². The molecule has 1 fully saturated rings. The monoisotopic (exact) mass is 235 g/mol. The zero-order valence-corrected chi connectivity index (χ0v) is 10.1. The van der Waals surface area contributed by atoms with Crippen molar-refractivity contribution in [1.82, 2.24) is 9.97 Å². The molecule has 2 heterocycles. The molecule has 92 valence electrons. The smallest absolute Gasteiger partial charge is 0.376 e. The van der Waals surface area contributed by atoms with E-state index in [9.17, 15) is 4.79 Å². The fraction of sp³-hybridized carbons (Fsp3) is 0.583. The molecule has 1 aliphatic rings. The van der Waals surface area contributed by atoms with Gasteiger partial charge in [-0.3, -0.25) is 0 Å². The average molecular weight is 235 g/mol. The maximum Gasteiger partial charge on any atom is 0.376 e. The molecule has 17 heavy (non-hydrogen) atoms. The van der Waals surface area contributed by atoms with Crippen molar-refractivity contribution in [2.75, 3.05) is 24.6 Å². The Kier molecular flexibility index (Phi) is 3.90. The minimum absolute atomic E-state index is 0.148. The second kappa shape index (κ2) is 5.61. The Morgan fingerprint density at radius 2 is 2.18 bits per heavy atom. The number of carbonyl (C=O) groups excluding carboxylic acids is 1. The zero-order valence-electron chi connectivity index (χ0n) is 10.1. The lowest BCUT2D eigenvalue weighted by Crippen LogP contribution is -2.30. The summed E-state index contributed by atoms with van der Waals surface area (Å²) in [5.74, 6) is 0.518. The molecule has 1 aromatic rings. The van der Waals surface area contributed by atoms with Gasteiger partial charge in [-0.05, 0) is 32.3 Å². The topological polar surface area (TPSA) is 55.3 Å². The van der Waals surface area contributed by atoms with Gasteiger partial charge in [-0.25, -0.2) is 14.8 Å². The number of esters is 1. The van der Waals surface area contributed by atoms with Gasteiger partial charge in [0, 0.05) is 19.3 Å². The molecule has 0 aromatic carbocycles. The first-order chi connectivity index (χ1) is 8.31. The normalized spacial score (nSPS) is 15.7. The van der Waals surface area contributed by atoms with Crippen molar-refractivity contribution in [3.8, 4) is 0 Å². The molecule has 1 aliphatic heterocycles. The second-order valence-corrected chi connectivity index (χ2v) is 4.01. The summed E-state index contributed by atoms with van der Waals surface area (Å²) in [6.07, 6.45) is 5.24. The van der Waals surface area contributed by atoms with Crippen LogP contribution in [0, 0.1) is 0 Å². The summed E-state index contributed by atoms with van der Waals surface area (Å²) in [7, 11) is 0. The third-order valence-electron chi connectivity index (χ3n) is 2.78. The number of nitrogens with zero attached hydrogens (tertiary/aromatic N) is 3. The van der Waals surface area contributed by atoms with E-state index in [4.69, 9.17) is 4.74 Å². The van der Waals surface area contributed by atoms with E-state index in [1.807, 2.05) is 6.07 Å². The highest BCUT2D eigenvalue weighted by atomic mass is 16.5. The molecule has 0 atom stereocenters. The molecular formula is C12H17N3O2. The Bertz CT molecular complexity index is 389. The van der Waals surface area contributed by atoms with Gasteiger partial charge in [0.15, 0.2) is 0 Å². The molecule has 0 N–H and O–H groups in total. The van der Waals surface area contributed by atoms with E-state index in [1.165, 1.54) is 19.3 Å². The van der Waals surface area contributed by atoms with Crippen LogP contribution in [0.1, 0.15) is 36.8 Å². The molecule has 0 unspecified atom stereocenters. The number of anilines is 1. The van der Waals surface area contributed by atoms with Crippen LogP contribution in [-0.2, 0) is 4.74 Å². The highest BCUT2D eigenvalue weighted by Crippen LogP contribution is 2.16. The average Bonchev–Trinajstić information content (AvgIpc) is 2.40. The number of piperidine rings is 1. The van der Waals surface area contributed by atoms with Crippen molar-refractivity contribution in [2.24, 2.45) is 0 Å². The van der Waals surface area contributed by atoms with Crippen LogP contribution in [0.3, 0.4) is 0 Å². The van der Waals surface area contributed by atoms with Crippen molar-refractivity contribution in [2.45, 2.75) is 26.2 Å². The highest BCUT2D eigenvalue weighted by Gasteiger charge is 2.15. The largest absolute Gasteiger partial charge is 0.460 e. The Morgan fingerprint density at radius 3 is 2.88 bits per heavy atom. The van der Waals surface area contributed by atoms with Crippen molar-refractivity contribution >= 4 is 11.8 Å². The van der Waals surface area contributed by atoms with Gasteiger partial charge in [0.2, 0.25) is 5.82 Å². The third kappa shape index (κ3) is 2.93. The standard InChI is InChI=1S/C12H17N3O2/c1-2-17-12(16)11-13-7-6-10(14-11)15-8-4-3-5-9-15/h6-7H,2-5,8-9H2,1H3. The first kappa shape index (κ1) is 11.8. The number of hydrogen-bond acceptors (Lipinski definition) is 5. The quantitative estimate of drug-likeness (QED) is 0.745. The minimum atomic E-state index is -0.452. The molecule has 0 radical (unpaired) electrons. The van der Waals surface area contributed by atoms with Crippen molar-refractivity contribution < 1.29 is 9.53 Å². The fourth-order valence-corrected chi connectivity index (χ4v) is 1.94. The van der Waals surface area contributed by atoms with Crippen molar-refractivity contribution in [3.63, 3.8) is 0 Å². The Morgan fingerprint density at radius 1 is 1.41 bits per heavy atom. The van der Waals surface area contributed by atoms with Gasteiger partial charge in [-0.15, -0.1) is 0 Å². The molecule has 0 saturated carbocycles. The van der Waals surface area contributed by atoms with Gasteiger partial charge in [0.1, 0.15) is 5.82 Å². The van der Waals surface area contributed by atoms with Crippen LogP contribution >= 0.6 is 0 Å². The van der Waals surface area contributed by atoms with Crippen LogP contribution in [0.5, 0.6) is 0 Å². The maximum atomic E-state index is 11.5. The van der Waals surface area contributed by atoms with Crippen LogP contribution in [0.4, 0.5) is 5.82 Å². The number of aromatic nitrogens is 2. The lowest BCUT2D eigenvalue weighted by Gasteiger charge is -2.27. The highest BCUT2D eigenvalue weighted by molar-refractivity contribution is 5.85. The van der Waals surface area contributed by atoms with Crippen LogP contribution in [0.25, 0.3) is 0 Å². The summed E-state index contributed by atoms with van der Waals surface area (Å²) >= 11 is 0.